The number of carbonyl (C=O) groups is 1. The molecule has 0 saturated carbocycles. The van der Waals surface area contributed by atoms with Crippen molar-refractivity contribution in [2.75, 3.05) is 0 Å². The highest BCUT2D eigenvalue weighted by Crippen LogP contribution is 2.35. The van der Waals surface area contributed by atoms with E-state index in [1.54, 1.807) is 6.07 Å². The smallest absolute Gasteiger partial charge is 0.280 e. The van der Waals surface area contributed by atoms with Crippen LogP contribution in [-0.2, 0) is 6.54 Å². The van der Waals surface area contributed by atoms with E-state index < -0.39 is 0 Å². The van der Waals surface area contributed by atoms with Gasteiger partial charge in [-0.05, 0) is 26.3 Å². The van der Waals surface area contributed by atoms with Gasteiger partial charge in [0, 0.05) is 24.2 Å². The van der Waals surface area contributed by atoms with E-state index in [0.29, 0.717) is 22.9 Å². The van der Waals surface area contributed by atoms with Crippen LogP contribution in [0.1, 0.15) is 37.0 Å². The van der Waals surface area contributed by atoms with E-state index in [1.807, 2.05) is 51.1 Å². The average Bonchev–Trinajstić information content (AvgIpc) is 3.09. The zero-order chi connectivity index (χ0) is 19.4. The van der Waals surface area contributed by atoms with Gasteiger partial charge in [-0.25, -0.2) is 9.67 Å². The highest BCUT2D eigenvalue weighted by atomic mass is 32.1. The first-order valence-corrected chi connectivity index (χ1v) is 9.77. The van der Waals surface area contributed by atoms with Gasteiger partial charge in [-0.15, -0.1) is 11.3 Å². The minimum absolute atomic E-state index is 0.0228. The summed E-state index contributed by atoms with van der Waals surface area (Å²) >= 11 is 1.29. The monoisotopic (exact) mass is 382 g/mol. The maximum absolute atomic E-state index is 12.5. The number of nitrogens with one attached hydrogen (secondary N) is 1. The van der Waals surface area contributed by atoms with E-state index in [4.69, 9.17) is 0 Å². The summed E-state index contributed by atoms with van der Waals surface area (Å²) in [5.41, 5.74) is 2.11. The van der Waals surface area contributed by atoms with Crippen LogP contribution in [-0.4, -0.2) is 26.7 Å². The highest BCUT2D eigenvalue weighted by molar-refractivity contribution is 7.17. The van der Waals surface area contributed by atoms with Crippen molar-refractivity contribution in [2.24, 2.45) is 0 Å². The number of aryl methyl sites for hydroxylation is 1. The van der Waals surface area contributed by atoms with Crippen molar-refractivity contribution in [1.82, 2.24) is 20.1 Å². The Morgan fingerprint density at radius 2 is 1.93 bits per heavy atom. The molecular formula is C20H22N4O2S. The molecule has 0 fully saturated rings. The molecule has 0 spiro atoms. The summed E-state index contributed by atoms with van der Waals surface area (Å²) in [5, 5.41) is 7.75. The number of carbonyl (C=O) groups excluding carboxylic acids is 1. The molecule has 1 N–H and O–H groups in total. The second-order valence-corrected chi connectivity index (χ2v) is 7.47. The van der Waals surface area contributed by atoms with Gasteiger partial charge in [0.25, 0.3) is 11.5 Å². The molecule has 0 aliphatic heterocycles. The molecule has 0 aliphatic rings. The molecule has 3 rings (SSSR count). The van der Waals surface area contributed by atoms with Crippen LogP contribution >= 0.6 is 11.3 Å². The molecule has 0 saturated heterocycles. The Balaban J connectivity index is 2.13. The summed E-state index contributed by atoms with van der Waals surface area (Å²) in [5.74, 6) is -0.208. The van der Waals surface area contributed by atoms with E-state index in [0.717, 1.165) is 16.9 Å². The van der Waals surface area contributed by atoms with E-state index >= 15 is 0 Å². The molecule has 0 bridgehead atoms. The Bertz CT molecular complexity index is 993. The number of rotatable bonds is 6. The SMILES string of the molecule is CCCn1nc(-c2sc(C(=O)NC(C)C)nc2-c2ccccc2)ccc1=O. The van der Waals surface area contributed by atoms with E-state index in [2.05, 4.69) is 15.4 Å². The number of aromatic nitrogens is 3. The number of hydrogen-bond donors (Lipinski definition) is 1. The normalized spacial score (nSPS) is 11.0. The predicted octanol–water partition coefficient (Wildman–Crippen LogP) is 3.58. The van der Waals surface area contributed by atoms with Crippen LogP contribution in [0, 0.1) is 0 Å². The maximum atomic E-state index is 12.5. The molecule has 6 nitrogen and oxygen atoms in total. The van der Waals surface area contributed by atoms with Crippen LogP contribution in [0.25, 0.3) is 21.8 Å². The highest BCUT2D eigenvalue weighted by Gasteiger charge is 2.21. The van der Waals surface area contributed by atoms with Gasteiger partial charge in [0.1, 0.15) is 5.69 Å². The Labute approximate surface area is 161 Å². The lowest BCUT2D eigenvalue weighted by atomic mass is 10.1. The first-order chi connectivity index (χ1) is 13.0. The summed E-state index contributed by atoms with van der Waals surface area (Å²) in [6, 6.07) is 12.9. The lowest BCUT2D eigenvalue weighted by Crippen LogP contribution is -2.29. The third-order valence-electron chi connectivity index (χ3n) is 3.82. The van der Waals surface area contributed by atoms with Gasteiger partial charge in [0.2, 0.25) is 0 Å². The van der Waals surface area contributed by atoms with Gasteiger partial charge in [-0.3, -0.25) is 9.59 Å². The van der Waals surface area contributed by atoms with Crippen LogP contribution < -0.4 is 10.9 Å². The topological polar surface area (TPSA) is 76.9 Å². The number of amides is 1. The molecule has 140 valence electrons. The molecule has 0 unspecified atom stereocenters. The van der Waals surface area contributed by atoms with Crippen LogP contribution in [0.4, 0.5) is 0 Å². The second kappa shape index (κ2) is 8.26. The van der Waals surface area contributed by atoms with Gasteiger partial charge in [0.15, 0.2) is 5.01 Å². The fourth-order valence-electron chi connectivity index (χ4n) is 2.65. The lowest BCUT2D eigenvalue weighted by Gasteiger charge is -2.06. The van der Waals surface area contributed by atoms with Crippen LogP contribution in [0.5, 0.6) is 0 Å². The molecule has 0 aliphatic carbocycles. The number of thiazole rings is 1. The van der Waals surface area contributed by atoms with Gasteiger partial charge >= 0.3 is 0 Å². The molecule has 1 amide bonds. The minimum Gasteiger partial charge on any atom is -0.348 e. The number of nitrogens with zero attached hydrogens (tertiary/aromatic N) is 3. The van der Waals surface area contributed by atoms with Crippen molar-refractivity contribution in [2.45, 2.75) is 39.8 Å². The summed E-state index contributed by atoms with van der Waals surface area (Å²) < 4.78 is 1.46. The summed E-state index contributed by atoms with van der Waals surface area (Å²) in [6.45, 7) is 6.36. The lowest BCUT2D eigenvalue weighted by molar-refractivity contribution is 0.0943. The third-order valence-corrected chi connectivity index (χ3v) is 4.90. The summed E-state index contributed by atoms with van der Waals surface area (Å²) in [6.07, 6.45) is 0.812. The summed E-state index contributed by atoms with van der Waals surface area (Å²) in [4.78, 5) is 29.8. The zero-order valence-electron chi connectivity index (χ0n) is 15.6. The maximum Gasteiger partial charge on any atom is 0.280 e. The third kappa shape index (κ3) is 4.31. The fraction of sp³-hybridized carbons (Fsp3) is 0.300. The molecule has 7 heteroatoms. The average molecular weight is 382 g/mol. The van der Waals surface area contributed by atoms with E-state index in [9.17, 15) is 9.59 Å². The Kier molecular flexibility index (Phi) is 5.81. The fourth-order valence-corrected chi connectivity index (χ4v) is 3.60. The van der Waals surface area contributed by atoms with Crippen LogP contribution in [0.15, 0.2) is 47.3 Å². The number of hydrogen-bond acceptors (Lipinski definition) is 5. The molecule has 2 aromatic heterocycles. The molecule has 3 aromatic rings. The molecule has 0 atom stereocenters. The molecule has 1 aromatic carbocycles. The summed E-state index contributed by atoms with van der Waals surface area (Å²) in [7, 11) is 0. The molecule has 2 heterocycles. The Morgan fingerprint density at radius 1 is 1.19 bits per heavy atom. The van der Waals surface area contributed by atoms with Crippen molar-refractivity contribution < 1.29 is 4.79 Å². The minimum atomic E-state index is -0.208. The van der Waals surface area contributed by atoms with Gasteiger partial charge < -0.3 is 5.32 Å². The Morgan fingerprint density at radius 3 is 2.59 bits per heavy atom. The van der Waals surface area contributed by atoms with Gasteiger partial charge in [-0.1, -0.05) is 37.3 Å². The van der Waals surface area contributed by atoms with Crippen molar-refractivity contribution in [3.63, 3.8) is 0 Å². The molecule has 27 heavy (non-hydrogen) atoms. The van der Waals surface area contributed by atoms with Crippen LogP contribution in [0.3, 0.4) is 0 Å². The van der Waals surface area contributed by atoms with E-state index in [-0.39, 0.29) is 17.5 Å². The standard InChI is InChI=1S/C20H22N4O2S/c1-4-12-24-16(25)11-10-15(23-24)18-17(14-8-6-5-7-9-14)22-20(27-18)19(26)21-13(2)3/h5-11,13H,4,12H2,1-3H3,(H,21,26). The predicted molar refractivity (Wildman–Crippen MR) is 108 cm³/mol. The first-order valence-electron chi connectivity index (χ1n) is 8.95. The van der Waals surface area contributed by atoms with Gasteiger partial charge in [-0.2, -0.15) is 5.10 Å². The van der Waals surface area contributed by atoms with Gasteiger partial charge in [0.05, 0.1) is 10.6 Å². The Hall–Kier alpha value is -2.80. The van der Waals surface area contributed by atoms with Crippen LogP contribution in [0.2, 0.25) is 0 Å². The number of benzene rings is 1. The van der Waals surface area contributed by atoms with E-state index in [1.165, 1.54) is 22.1 Å². The second-order valence-electron chi connectivity index (χ2n) is 6.47. The molecule has 0 radical (unpaired) electrons. The first kappa shape index (κ1) is 19.0. The molecular weight excluding hydrogens is 360 g/mol. The largest absolute Gasteiger partial charge is 0.348 e. The van der Waals surface area contributed by atoms with Crippen molar-refractivity contribution in [3.05, 3.63) is 57.8 Å². The van der Waals surface area contributed by atoms with Crippen molar-refractivity contribution >= 4 is 17.2 Å². The van der Waals surface area contributed by atoms with Crippen molar-refractivity contribution in [3.8, 4) is 21.8 Å². The quantitative estimate of drug-likeness (QED) is 0.707. The zero-order valence-corrected chi connectivity index (χ0v) is 16.4. The van der Waals surface area contributed by atoms with Crippen molar-refractivity contribution in [1.29, 1.82) is 0 Å².